The van der Waals surface area contributed by atoms with Gasteiger partial charge in [0.05, 0.1) is 12.1 Å². The van der Waals surface area contributed by atoms with Gasteiger partial charge in [-0.1, -0.05) is 13.3 Å². The summed E-state index contributed by atoms with van der Waals surface area (Å²) in [6.45, 7) is 10.7. The van der Waals surface area contributed by atoms with E-state index in [9.17, 15) is 4.79 Å². The van der Waals surface area contributed by atoms with Crippen molar-refractivity contribution in [1.29, 1.82) is 5.26 Å². The third kappa shape index (κ3) is 4.10. The van der Waals surface area contributed by atoms with E-state index in [-0.39, 0.29) is 12.1 Å². The SMILES string of the molecule is CCCC(C#N)N1CCN(C(=O)N(CC)CC)CC1. The predicted octanol–water partition coefficient (Wildman–Crippen LogP) is 1.76. The molecule has 1 aliphatic heterocycles. The van der Waals surface area contributed by atoms with Crippen LogP contribution in [0, 0.1) is 11.3 Å². The number of amides is 2. The van der Waals surface area contributed by atoms with Crippen molar-refractivity contribution in [3.05, 3.63) is 0 Å². The standard InChI is InChI=1S/C14H26N4O/c1-4-7-13(12-15)17-8-10-18(11-9-17)14(19)16(5-2)6-3/h13H,4-11H2,1-3H3. The average molecular weight is 266 g/mol. The van der Waals surface area contributed by atoms with Gasteiger partial charge in [0.15, 0.2) is 0 Å². The summed E-state index contributed by atoms with van der Waals surface area (Å²) >= 11 is 0. The monoisotopic (exact) mass is 266 g/mol. The molecule has 1 rings (SSSR count). The fourth-order valence-corrected chi connectivity index (χ4v) is 2.52. The smallest absolute Gasteiger partial charge is 0.320 e. The molecule has 19 heavy (non-hydrogen) atoms. The molecule has 0 N–H and O–H groups in total. The maximum Gasteiger partial charge on any atom is 0.320 e. The Kier molecular flexibility index (Phi) is 6.65. The number of hydrogen-bond acceptors (Lipinski definition) is 3. The minimum atomic E-state index is 0.00991. The zero-order chi connectivity index (χ0) is 14.3. The van der Waals surface area contributed by atoms with Crippen LogP contribution in [0.25, 0.3) is 0 Å². The highest BCUT2D eigenvalue weighted by Crippen LogP contribution is 2.12. The lowest BCUT2D eigenvalue weighted by Crippen LogP contribution is -2.54. The number of carbonyl (C=O) groups is 1. The lowest BCUT2D eigenvalue weighted by Gasteiger charge is -2.38. The highest BCUT2D eigenvalue weighted by molar-refractivity contribution is 5.74. The first-order valence-electron chi connectivity index (χ1n) is 7.35. The normalized spacial score (nSPS) is 17.9. The van der Waals surface area contributed by atoms with Crippen LogP contribution in [-0.4, -0.2) is 66.0 Å². The predicted molar refractivity (Wildman–Crippen MR) is 75.8 cm³/mol. The molecule has 0 aromatic rings. The van der Waals surface area contributed by atoms with E-state index in [2.05, 4.69) is 17.9 Å². The van der Waals surface area contributed by atoms with Crippen molar-refractivity contribution in [3.8, 4) is 6.07 Å². The molecule has 1 atom stereocenters. The van der Waals surface area contributed by atoms with Crippen LogP contribution in [0.5, 0.6) is 0 Å². The van der Waals surface area contributed by atoms with Gasteiger partial charge in [-0.2, -0.15) is 5.26 Å². The Morgan fingerprint density at radius 1 is 1.21 bits per heavy atom. The van der Waals surface area contributed by atoms with Gasteiger partial charge in [0.1, 0.15) is 0 Å². The molecule has 0 aromatic carbocycles. The highest BCUT2D eigenvalue weighted by atomic mass is 16.2. The molecule has 2 amide bonds. The number of nitriles is 1. The van der Waals surface area contributed by atoms with Crippen LogP contribution in [0.2, 0.25) is 0 Å². The zero-order valence-corrected chi connectivity index (χ0v) is 12.4. The van der Waals surface area contributed by atoms with Crippen molar-refractivity contribution in [1.82, 2.24) is 14.7 Å². The Morgan fingerprint density at radius 2 is 1.79 bits per heavy atom. The molecule has 0 radical (unpaired) electrons. The van der Waals surface area contributed by atoms with Gasteiger partial charge in [0, 0.05) is 39.3 Å². The van der Waals surface area contributed by atoms with Crippen LogP contribution in [-0.2, 0) is 0 Å². The van der Waals surface area contributed by atoms with E-state index >= 15 is 0 Å². The Morgan fingerprint density at radius 3 is 2.21 bits per heavy atom. The molecular formula is C14H26N4O. The van der Waals surface area contributed by atoms with Gasteiger partial charge >= 0.3 is 6.03 Å². The Bertz CT molecular complexity index is 314. The number of urea groups is 1. The number of rotatable bonds is 5. The fourth-order valence-electron chi connectivity index (χ4n) is 2.52. The Labute approximate surface area is 116 Å². The van der Waals surface area contributed by atoms with Gasteiger partial charge in [-0.15, -0.1) is 0 Å². The van der Waals surface area contributed by atoms with Gasteiger partial charge < -0.3 is 9.80 Å². The van der Waals surface area contributed by atoms with E-state index in [1.165, 1.54) is 0 Å². The van der Waals surface area contributed by atoms with E-state index in [0.717, 1.165) is 52.1 Å². The van der Waals surface area contributed by atoms with Crippen LogP contribution in [0.15, 0.2) is 0 Å². The topological polar surface area (TPSA) is 50.6 Å². The van der Waals surface area contributed by atoms with Crippen molar-refractivity contribution in [2.24, 2.45) is 0 Å². The van der Waals surface area contributed by atoms with E-state index in [0.29, 0.717) is 0 Å². The summed E-state index contributed by atoms with van der Waals surface area (Å²) in [7, 11) is 0. The average Bonchev–Trinajstić information content (AvgIpc) is 2.46. The minimum Gasteiger partial charge on any atom is -0.325 e. The first-order valence-corrected chi connectivity index (χ1v) is 7.35. The summed E-state index contributed by atoms with van der Waals surface area (Å²) in [5, 5.41) is 9.17. The zero-order valence-electron chi connectivity index (χ0n) is 12.4. The van der Waals surface area contributed by atoms with E-state index < -0.39 is 0 Å². The van der Waals surface area contributed by atoms with Gasteiger partial charge in [-0.25, -0.2) is 4.79 Å². The molecule has 0 aromatic heterocycles. The number of nitrogens with zero attached hydrogens (tertiary/aromatic N) is 4. The third-order valence-corrected chi connectivity index (χ3v) is 3.77. The molecule has 1 fully saturated rings. The molecule has 1 aliphatic rings. The molecule has 0 spiro atoms. The minimum absolute atomic E-state index is 0.00991. The lowest BCUT2D eigenvalue weighted by molar-refractivity contribution is 0.102. The van der Waals surface area contributed by atoms with E-state index in [1.54, 1.807) is 0 Å². The quantitative estimate of drug-likeness (QED) is 0.762. The maximum atomic E-state index is 12.2. The summed E-state index contributed by atoms with van der Waals surface area (Å²) in [6.07, 6.45) is 1.94. The first-order chi connectivity index (χ1) is 9.17. The van der Waals surface area contributed by atoms with Gasteiger partial charge in [0.2, 0.25) is 0 Å². The van der Waals surface area contributed by atoms with Crippen LogP contribution in [0.3, 0.4) is 0 Å². The third-order valence-electron chi connectivity index (χ3n) is 3.77. The molecule has 0 bridgehead atoms. The van der Waals surface area contributed by atoms with Crippen molar-refractivity contribution in [3.63, 3.8) is 0 Å². The van der Waals surface area contributed by atoms with Gasteiger partial charge in [-0.05, 0) is 20.3 Å². The summed E-state index contributed by atoms with van der Waals surface area (Å²) in [5.41, 5.74) is 0. The molecule has 5 heteroatoms. The largest absolute Gasteiger partial charge is 0.325 e. The number of hydrogen-bond donors (Lipinski definition) is 0. The summed E-state index contributed by atoms with van der Waals surface area (Å²) in [4.78, 5) is 18.2. The molecule has 1 unspecified atom stereocenters. The summed E-state index contributed by atoms with van der Waals surface area (Å²) in [5.74, 6) is 0. The van der Waals surface area contributed by atoms with Crippen LogP contribution < -0.4 is 0 Å². The van der Waals surface area contributed by atoms with Crippen molar-refractivity contribution >= 4 is 6.03 Å². The molecule has 108 valence electrons. The molecule has 0 aliphatic carbocycles. The molecule has 1 saturated heterocycles. The Hall–Kier alpha value is -1.28. The van der Waals surface area contributed by atoms with Crippen LogP contribution in [0.1, 0.15) is 33.6 Å². The second-order valence-corrected chi connectivity index (χ2v) is 4.91. The second kappa shape index (κ2) is 8.00. The van der Waals surface area contributed by atoms with Crippen molar-refractivity contribution < 1.29 is 4.79 Å². The van der Waals surface area contributed by atoms with Gasteiger partial charge in [-0.3, -0.25) is 4.90 Å². The second-order valence-electron chi connectivity index (χ2n) is 4.91. The Balaban J connectivity index is 2.48. The van der Waals surface area contributed by atoms with Gasteiger partial charge in [0.25, 0.3) is 0 Å². The van der Waals surface area contributed by atoms with Crippen molar-refractivity contribution in [2.45, 2.75) is 39.7 Å². The van der Waals surface area contributed by atoms with E-state index in [4.69, 9.17) is 5.26 Å². The van der Waals surface area contributed by atoms with Crippen LogP contribution in [0.4, 0.5) is 4.79 Å². The summed E-state index contributed by atoms with van der Waals surface area (Å²) in [6, 6.07) is 2.52. The lowest BCUT2D eigenvalue weighted by atomic mass is 10.1. The van der Waals surface area contributed by atoms with E-state index in [1.807, 2.05) is 23.6 Å². The summed E-state index contributed by atoms with van der Waals surface area (Å²) < 4.78 is 0. The molecule has 1 heterocycles. The molecule has 0 saturated carbocycles. The molecular weight excluding hydrogens is 240 g/mol. The fraction of sp³-hybridized carbons (Fsp3) is 0.857. The number of carbonyl (C=O) groups excluding carboxylic acids is 1. The number of piperazine rings is 1. The van der Waals surface area contributed by atoms with Crippen molar-refractivity contribution in [2.75, 3.05) is 39.3 Å². The maximum absolute atomic E-state index is 12.2. The van der Waals surface area contributed by atoms with Crippen LogP contribution >= 0.6 is 0 Å². The first kappa shape index (κ1) is 15.8. The highest BCUT2D eigenvalue weighted by Gasteiger charge is 2.27. The molecule has 5 nitrogen and oxygen atoms in total.